The van der Waals surface area contributed by atoms with E-state index in [-0.39, 0.29) is 36.9 Å². The number of rotatable bonds is 5. The zero-order valence-corrected chi connectivity index (χ0v) is 15.6. The van der Waals surface area contributed by atoms with Crippen molar-refractivity contribution in [1.82, 2.24) is 20.1 Å². The maximum atomic E-state index is 12.4. The molecule has 4 rings (SSSR count). The number of likely N-dealkylation sites (N-methyl/N-ethyl adjacent to an activating group) is 1. The second-order valence-corrected chi connectivity index (χ2v) is 7.28. The summed E-state index contributed by atoms with van der Waals surface area (Å²) in [6.07, 6.45) is 2.54. The van der Waals surface area contributed by atoms with Gasteiger partial charge in [0.05, 0.1) is 24.8 Å². The van der Waals surface area contributed by atoms with E-state index in [0.717, 1.165) is 27.8 Å². The molecule has 2 aromatic rings. The summed E-state index contributed by atoms with van der Waals surface area (Å²) < 4.78 is 5.60. The second-order valence-electron chi connectivity index (χ2n) is 7.28. The number of ether oxygens (including phenoxy) is 1. The molecule has 2 aliphatic heterocycles. The van der Waals surface area contributed by atoms with Crippen LogP contribution in [0.2, 0.25) is 0 Å². The molecule has 0 unspecified atom stereocenters. The lowest BCUT2D eigenvalue weighted by atomic mass is 9.93. The molecule has 0 radical (unpaired) electrons. The van der Waals surface area contributed by atoms with E-state index in [0.29, 0.717) is 13.2 Å². The normalized spacial score (nSPS) is 22.3. The molecule has 2 aliphatic rings. The van der Waals surface area contributed by atoms with Crippen molar-refractivity contribution < 1.29 is 19.1 Å². The Morgan fingerprint density at radius 2 is 2.07 bits per heavy atom. The third-order valence-corrected chi connectivity index (χ3v) is 5.30. The Bertz CT molecular complexity index is 926. The van der Waals surface area contributed by atoms with Gasteiger partial charge in [0.25, 0.3) is 5.91 Å². The number of amides is 4. The molecule has 0 bridgehead atoms. The summed E-state index contributed by atoms with van der Waals surface area (Å²) in [6.45, 7) is 0.715. The van der Waals surface area contributed by atoms with Gasteiger partial charge in [0.2, 0.25) is 5.91 Å². The number of para-hydroxylation sites is 1. The molecule has 1 aromatic carbocycles. The lowest BCUT2D eigenvalue weighted by Gasteiger charge is -2.21. The minimum Gasteiger partial charge on any atom is -0.379 e. The van der Waals surface area contributed by atoms with E-state index < -0.39 is 6.03 Å². The van der Waals surface area contributed by atoms with Crippen LogP contribution in [0, 0.1) is 5.92 Å². The summed E-state index contributed by atoms with van der Waals surface area (Å²) in [5.74, 6) is -0.593. The summed E-state index contributed by atoms with van der Waals surface area (Å²) >= 11 is 0. The molecular formula is C20H22N4O4. The van der Waals surface area contributed by atoms with Crippen LogP contribution >= 0.6 is 0 Å². The number of benzene rings is 1. The second kappa shape index (κ2) is 7.55. The first kappa shape index (κ1) is 18.4. The van der Waals surface area contributed by atoms with Gasteiger partial charge in [-0.2, -0.15) is 0 Å². The van der Waals surface area contributed by atoms with Crippen LogP contribution in [0.15, 0.2) is 36.5 Å². The monoisotopic (exact) mass is 382 g/mol. The molecule has 2 atom stereocenters. The third-order valence-electron chi connectivity index (χ3n) is 5.30. The lowest BCUT2D eigenvalue weighted by Crippen LogP contribution is -2.47. The minimum atomic E-state index is -0.442. The molecule has 28 heavy (non-hydrogen) atoms. The Kier molecular flexibility index (Phi) is 4.95. The SMILES string of the molecule is CN1CC(=O)N(CC(=O)N[C@H]2COC[C@H]2Cc2ccnc3ccccc23)C1=O. The van der Waals surface area contributed by atoms with Gasteiger partial charge in [-0.1, -0.05) is 18.2 Å². The third kappa shape index (κ3) is 3.55. The number of nitrogens with one attached hydrogen (secondary N) is 1. The van der Waals surface area contributed by atoms with Gasteiger partial charge in [-0.05, 0) is 24.1 Å². The van der Waals surface area contributed by atoms with Gasteiger partial charge in [0.1, 0.15) is 13.1 Å². The number of hydrogen-bond donors (Lipinski definition) is 1. The summed E-state index contributed by atoms with van der Waals surface area (Å²) in [6, 6.07) is 9.36. The fourth-order valence-electron chi connectivity index (χ4n) is 3.80. The van der Waals surface area contributed by atoms with E-state index in [4.69, 9.17) is 4.74 Å². The molecule has 1 N–H and O–H groups in total. The fraction of sp³-hybridized carbons (Fsp3) is 0.400. The van der Waals surface area contributed by atoms with Crippen molar-refractivity contribution in [2.45, 2.75) is 12.5 Å². The van der Waals surface area contributed by atoms with Crippen LogP contribution in [-0.4, -0.2) is 72.0 Å². The van der Waals surface area contributed by atoms with E-state index in [1.165, 1.54) is 11.9 Å². The van der Waals surface area contributed by atoms with Crippen molar-refractivity contribution >= 4 is 28.7 Å². The Labute approximate surface area is 162 Å². The molecule has 2 saturated heterocycles. The van der Waals surface area contributed by atoms with Gasteiger partial charge in [-0.25, -0.2) is 4.79 Å². The summed E-state index contributed by atoms with van der Waals surface area (Å²) in [4.78, 5) is 42.9. The van der Waals surface area contributed by atoms with Gasteiger partial charge in [0.15, 0.2) is 0 Å². The van der Waals surface area contributed by atoms with E-state index in [1.54, 1.807) is 6.20 Å². The van der Waals surface area contributed by atoms with Gasteiger partial charge in [-0.3, -0.25) is 19.5 Å². The van der Waals surface area contributed by atoms with Crippen LogP contribution in [0.1, 0.15) is 5.56 Å². The van der Waals surface area contributed by atoms with Gasteiger partial charge in [0, 0.05) is 24.5 Å². The van der Waals surface area contributed by atoms with Crippen LogP contribution in [0.3, 0.4) is 0 Å². The molecule has 1 aromatic heterocycles. The largest absolute Gasteiger partial charge is 0.379 e. The van der Waals surface area contributed by atoms with Gasteiger partial charge >= 0.3 is 6.03 Å². The number of aromatic nitrogens is 1. The van der Waals surface area contributed by atoms with E-state index in [1.807, 2.05) is 30.3 Å². The number of carbonyl (C=O) groups is 3. The summed E-state index contributed by atoms with van der Waals surface area (Å²) in [7, 11) is 1.54. The van der Waals surface area contributed by atoms with Crippen LogP contribution < -0.4 is 5.32 Å². The number of hydrogen-bond acceptors (Lipinski definition) is 5. The molecule has 8 nitrogen and oxygen atoms in total. The average Bonchev–Trinajstić information content (AvgIpc) is 3.21. The molecule has 8 heteroatoms. The minimum absolute atomic E-state index is 0.0103. The number of fused-ring (bicyclic) bond motifs is 1. The quantitative estimate of drug-likeness (QED) is 0.773. The first-order chi connectivity index (χ1) is 13.5. The molecule has 3 heterocycles. The molecule has 4 amide bonds. The highest BCUT2D eigenvalue weighted by Crippen LogP contribution is 2.24. The highest BCUT2D eigenvalue weighted by Gasteiger charge is 2.36. The Morgan fingerprint density at radius 3 is 2.86 bits per heavy atom. The van der Waals surface area contributed by atoms with E-state index in [2.05, 4.69) is 10.3 Å². The van der Waals surface area contributed by atoms with Crippen LogP contribution in [-0.2, 0) is 20.7 Å². The molecule has 2 fully saturated rings. The first-order valence-corrected chi connectivity index (χ1v) is 9.28. The topological polar surface area (TPSA) is 91.8 Å². The highest BCUT2D eigenvalue weighted by atomic mass is 16.5. The van der Waals surface area contributed by atoms with Crippen molar-refractivity contribution in [2.24, 2.45) is 5.92 Å². The molecule has 0 aliphatic carbocycles. The fourth-order valence-corrected chi connectivity index (χ4v) is 3.80. The number of urea groups is 1. The van der Waals surface area contributed by atoms with Gasteiger partial charge < -0.3 is 15.0 Å². The number of imide groups is 1. The maximum absolute atomic E-state index is 12.4. The zero-order chi connectivity index (χ0) is 19.7. The number of nitrogens with zero attached hydrogens (tertiary/aromatic N) is 3. The molecule has 0 saturated carbocycles. The van der Waals surface area contributed by atoms with Crippen molar-refractivity contribution in [3.63, 3.8) is 0 Å². The number of carbonyl (C=O) groups excluding carboxylic acids is 3. The molecular weight excluding hydrogens is 360 g/mol. The van der Waals surface area contributed by atoms with Gasteiger partial charge in [-0.15, -0.1) is 0 Å². The van der Waals surface area contributed by atoms with Crippen LogP contribution in [0.5, 0.6) is 0 Å². The van der Waals surface area contributed by atoms with E-state index >= 15 is 0 Å². The van der Waals surface area contributed by atoms with Crippen LogP contribution in [0.4, 0.5) is 4.79 Å². The standard InChI is InChI=1S/C20H22N4O4/c1-23-10-19(26)24(20(23)27)9-18(25)22-17-12-28-11-14(17)8-13-6-7-21-16-5-3-2-4-15(13)16/h2-7,14,17H,8-12H2,1H3,(H,22,25)/t14-,17+/m1/s1. The zero-order valence-electron chi connectivity index (χ0n) is 15.6. The Balaban J connectivity index is 1.42. The van der Waals surface area contributed by atoms with E-state index in [9.17, 15) is 14.4 Å². The highest BCUT2D eigenvalue weighted by molar-refractivity contribution is 6.04. The summed E-state index contributed by atoms with van der Waals surface area (Å²) in [5, 5.41) is 4.03. The predicted octanol–water partition coefficient (Wildman–Crippen LogP) is 0.803. The number of pyridine rings is 1. The molecule has 146 valence electrons. The smallest absolute Gasteiger partial charge is 0.327 e. The van der Waals surface area contributed by atoms with Crippen molar-refractivity contribution in [1.29, 1.82) is 0 Å². The molecule has 0 spiro atoms. The van der Waals surface area contributed by atoms with Crippen LogP contribution in [0.25, 0.3) is 10.9 Å². The van der Waals surface area contributed by atoms with Crippen molar-refractivity contribution in [2.75, 3.05) is 33.4 Å². The van der Waals surface area contributed by atoms with Crippen molar-refractivity contribution in [3.8, 4) is 0 Å². The lowest BCUT2D eigenvalue weighted by molar-refractivity contribution is -0.131. The Morgan fingerprint density at radius 1 is 1.25 bits per heavy atom. The van der Waals surface area contributed by atoms with Crippen molar-refractivity contribution in [3.05, 3.63) is 42.1 Å². The Hall–Kier alpha value is -3.00. The predicted molar refractivity (Wildman–Crippen MR) is 101 cm³/mol. The average molecular weight is 382 g/mol. The maximum Gasteiger partial charge on any atom is 0.327 e. The first-order valence-electron chi connectivity index (χ1n) is 9.28. The summed E-state index contributed by atoms with van der Waals surface area (Å²) in [5.41, 5.74) is 2.10.